The molecule has 0 radical (unpaired) electrons. The molecule has 1 aliphatic rings. The summed E-state index contributed by atoms with van der Waals surface area (Å²) >= 11 is 0. The molecule has 0 bridgehead atoms. The van der Waals surface area contributed by atoms with Gasteiger partial charge in [-0.2, -0.15) is 0 Å². The third-order valence-corrected chi connectivity index (χ3v) is 6.13. The zero-order valence-corrected chi connectivity index (χ0v) is 16.5. The smallest absolute Gasteiger partial charge is 0.240 e. The zero-order valence-electron chi connectivity index (χ0n) is 15.7. The van der Waals surface area contributed by atoms with Crippen LogP contribution in [-0.2, 0) is 22.9 Å². The molecule has 27 heavy (non-hydrogen) atoms. The van der Waals surface area contributed by atoms with Gasteiger partial charge in [-0.3, -0.25) is 0 Å². The number of aryl methyl sites for hydroxylation is 1. The number of ether oxygens (including phenoxy) is 3. The minimum atomic E-state index is -3.66. The first kappa shape index (κ1) is 19.5. The number of methoxy groups -OCH3 is 2. The molecule has 0 aliphatic heterocycles. The van der Waals surface area contributed by atoms with Crippen LogP contribution < -0.4 is 18.9 Å². The van der Waals surface area contributed by atoms with E-state index in [0.29, 0.717) is 11.5 Å². The highest BCUT2D eigenvalue weighted by molar-refractivity contribution is 7.89. The Morgan fingerprint density at radius 1 is 0.963 bits per heavy atom. The van der Waals surface area contributed by atoms with Crippen molar-refractivity contribution in [3.05, 3.63) is 47.5 Å². The van der Waals surface area contributed by atoms with E-state index in [4.69, 9.17) is 14.2 Å². The molecule has 146 valence electrons. The van der Waals surface area contributed by atoms with Crippen LogP contribution in [0.2, 0.25) is 0 Å². The molecule has 0 spiro atoms. The Bertz CT molecular complexity index is 895. The molecule has 2 aromatic carbocycles. The Labute approximate surface area is 160 Å². The van der Waals surface area contributed by atoms with Crippen LogP contribution in [0.4, 0.5) is 0 Å². The predicted octanol–water partition coefficient (Wildman–Crippen LogP) is 2.94. The molecule has 1 N–H and O–H groups in total. The van der Waals surface area contributed by atoms with Crippen LogP contribution >= 0.6 is 0 Å². The van der Waals surface area contributed by atoms with E-state index in [1.54, 1.807) is 6.07 Å². The van der Waals surface area contributed by atoms with Crippen molar-refractivity contribution in [2.24, 2.45) is 0 Å². The Balaban J connectivity index is 1.60. The van der Waals surface area contributed by atoms with Gasteiger partial charge < -0.3 is 14.2 Å². The minimum Gasteiger partial charge on any atom is -0.493 e. The van der Waals surface area contributed by atoms with Gasteiger partial charge in [0.05, 0.1) is 19.1 Å². The Hall–Kier alpha value is -2.25. The summed E-state index contributed by atoms with van der Waals surface area (Å²) in [6.45, 7) is 0.448. The van der Waals surface area contributed by atoms with E-state index in [9.17, 15) is 8.42 Å². The van der Waals surface area contributed by atoms with Crippen LogP contribution in [0.15, 0.2) is 41.3 Å². The number of nitrogens with one attached hydrogen (secondary N) is 1. The van der Waals surface area contributed by atoms with E-state index in [-0.39, 0.29) is 18.0 Å². The van der Waals surface area contributed by atoms with Gasteiger partial charge in [-0.05, 0) is 55.0 Å². The molecule has 2 aromatic rings. The van der Waals surface area contributed by atoms with Crippen LogP contribution in [0, 0.1) is 0 Å². The summed E-state index contributed by atoms with van der Waals surface area (Å²) in [5.41, 5.74) is 2.59. The van der Waals surface area contributed by atoms with Crippen molar-refractivity contribution in [3.63, 3.8) is 0 Å². The van der Waals surface area contributed by atoms with Gasteiger partial charge in [0.1, 0.15) is 12.4 Å². The Kier molecular flexibility index (Phi) is 6.23. The fourth-order valence-electron chi connectivity index (χ4n) is 3.29. The zero-order chi connectivity index (χ0) is 19.3. The lowest BCUT2D eigenvalue weighted by Crippen LogP contribution is -2.28. The maximum absolute atomic E-state index is 12.5. The molecule has 0 aromatic heterocycles. The fraction of sp³-hybridized carbons (Fsp3) is 0.400. The van der Waals surface area contributed by atoms with Gasteiger partial charge in [0.2, 0.25) is 10.0 Å². The second-order valence-corrected chi connectivity index (χ2v) is 8.13. The van der Waals surface area contributed by atoms with E-state index in [1.807, 2.05) is 12.1 Å². The van der Waals surface area contributed by atoms with Crippen molar-refractivity contribution < 1.29 is 22.6 Å². The number of hydrogen-bond acceptors (Lipinski definition) is 5. The summed E-state index contributed by atoms with van der Waals surface area (Å²) in [4.78, 5) is 0.122. The summed E-state index contributed by atoms with van der Waals surface area (Å²) < 4.78 is 43.7. The molecule has 0 fully saturated rings. The minimum absolute atomic E-state index is 0.122. The summed E-state index contributed by atoms with van der Waals surface area (Å²) in [7, 11) is -0.683. The van der Waals surface area contributed by atoms with E-state index in [1.165, 1.54) is 50.3 Å². The van der Waals surface area contributed by atoms with Gasteiger partial charge in [0.15, 0.2) is 11.5 Å². The number of benzene rings is 2. The molecule has 1 aliphatic carbocycles. The number of rotatable bonds is 8. The van der Waals surface area contributed by atoms with Crippen LogP contribution in [0.1, 0.15) is 24.0 Å². The topological polar surface area (TPSA) is 73.9 Å². The van der Waals surface area contributed by atoms with Crippen LogP contribution in [0.3, 0.4) is 0 Å². The second-order valence-electron chi connectivity index (χ2n) is 6.36. The first-order chi connectivity index (χ1) is 13.0. The summed E-state index contributed by atoms with van der Waals surface area (Å²) in [5.74, 6) is 1.71. The average molecular weight is 391 g/mol. The number of hydrogen-bond donors (Lipinski definition) is 1. The molecule has 7 heteroatoms. The normalized spacial score (nSPS) is 13.7. The first-order valence-corrected chi connectivity index (χ1v) is 10.5. The highest BCUT2D eigenvalue weighted by Crippen LogP contribution is 2.30. The SMILES string of the molecule is COc1ccc(S(=O)(=O)NCCOc2cccc3c2CCCC3)cc1OC. The van der Waals surface area contributed by atoms with Crippen molar-refractivity contribution >= 4 is 10.0 Å². The lowest BCUT2D eigenvalue weighted by molar-refractivity contribution is 0.318. The molecule has 3 rings (SSSR count). The monoisotopic (exact) mass is 391 g/mol. The predicted molar refractivity (Wildman–Crippen MR) is 103 cm³/mol. The molecule has 0 saturated carbocycles. The standard InChI is InChI=1S/C20H25NO5S/c1-24-19-11-10-16(14-20(19)25-2)27(22,23)21-12-13-26-18-9-5-7-15-6-3-4-8-17(15)18/h5,7,9-11,14,21H,3-4,6,8,12-13H2,1-2H3. The Morgan fingerprint density at radius 2 is 1.74 bits per heavy atom. The average Bonchev–Trinajstić information content (AvgIpc) is 2.70. The van der Waals surface area contributed by atoms with Gasteiger partial charge in [-0.1, -0.05) is 12.1 Å². The van der Waals surface area contributed by atoms with Crippen molar-refractivity contribution in [1.29, 1.82) is 0 Å². The van der Waals surface area contributed by atoms with E-state index < -0.39 is 10.0 Å². The summed E-state index contributed by atoms with van der Waals surface area (Å²) in [6, 6.07) is 10.6. The number of fused-ring (bicyclic) bond motifs is 1. The maximum Gasteiger partial charge on any atom is 0.240 e. The van der Waals surface area contributed by atoms with Gasteiger partial charge in [-0.15, -0.1) is 0 Å². The number of sulfonamides is 1. The quantitative estimate of drug-likeness (QED) is 0.701. The first-order valence-electron chi connectivity index (χ1n) is 9.00. The molecule has 6 nitrogen and oxygen atoms in total. The maximum atomic E-state index is 12.5. The summed E-state index contributed by atoms with van der Waals surface area (Å²) in [5, 5.41) is 0. The molecule has 0 heterocycles. The van der Waals surface area contributed by atoms with Crippen molar-refractivity contribution in [2.75, 3.05) is 27.4 Å². The lowest BCUT2D eigenvalue weighted by Gasteiger charge is -2.19. The summed E-state index contributed by atoms with van der Waals surface area (Å²) in [6.07, 6.45) is 4.47. The van der Waals surface area contributed by atoms with Crippen LogP contribution in [0.5, 0.6) is 17.2 Å². The van der Waals surface area contributed by atoms with Crippen molar-refractivity contribution in [3.8, 4) is 17.2 Å². The molecule has 0 amide bonds. The van der Waals surface area contributed by atoms with Gasteiger partial charge in [0.25, 0.3) is 0 Å². The second kappa shape index (κ2) is 8.63. The molecule has 0 saturated heterocycles. The van der Waals surface area contributed by atoms with E-state index in [0.717, 1.165) is 18.6 Å². The largest absolute Gasteiger partial charge is 0.493 e. The third-order valence-electron chi connectivity index (χ3n) is 4.67. The van der Waals surface area contributed by atoms with Gasteiger partial charge in [-0.25, -0.2) is 13.1 Å². The molecule has 0 unspecified atom stereocenters. The van der Waals surface area contributed by atoms with Crippen LogP contribution in [0.25, 0.3) is 0 Å². The fourth-order valence-corrected chi connectivity index (χ4v) is 4.31. The highest BCUT2D eigenvalue weighted by Gasteiger charge is 2.17. The molecular formula is C20H25NO5S. The van der Waals surface area contributed by atoms with E-state index >= 15 is 0 Å². The van der Waals surface area contributed by atoms with E-state index in [2.05, 4.69) is 10.8 Å². The van der Waals surface area contributed by atoms with Gasteiger partial charge in [0, 0.05) is 12.6 Å². The molecule has 0 atom stereocenters. The van der Waals surface area contributed by atoms with Crippen molar-refractivity contribution in [2.45, 2.75) is 30.6 Å². The highest BCUT2D eigenvalue weighted by atomic mass is 32.2. The Morgan fingerprint density at radius 3 is 2.52 bits per heavy atom. The van der Waals surface area contributed by atoms with Gasteiger partial charge >= 0.3 is 0 Å². The van der Waals surface area contributed by atoms with Crippen molar-refractivity contribution in [1.82, 2.24) is 4.72 Å². The molecular weight excluding hydrogens is 366 g/mol. The third kappa shape index (κ3) is 4.54. The van der Waals surface area contributed by atoms with Crippen LogP contribution in [-0.4, -0.2) is 35.8 Å². The lowest BCUT2D eigenvalue weighted by atomic mass is 9.91.